The van der Waals surface area contributed by atoms with Crippen LogP contribution in [0.3, 0.4) is 0 Å². The molecule has 6 heteroatoms. The standard InChI is InChI=1S/C13H14FN5/c14-11-2-1-5-15-13(11)18-6-10(7-18)19-8-12(16-17-19)9-3-4-9/h1-2,5,8-10H,3-4,6-7H2. The van der Waals surface area contributed by atoms with Crippen molar-refractivity contribution >= 4 is 5.82 Å². The highest BCUT2D eigenvalue weighted by Gasteiger charge is 2.33. The van der Waals surface area contributed by atoms with Crippen molar-refractivity contribution in [3.8, 4) is 0 Å². The summed E-state index contributed by atoms with van der Waals surface area (Å²) < 4.78 is 15.5. The number of nitrogens with zero attached hydrogens (tertiary/aromatic N) is 5. The van der Waals surface area contributed by atoms with Gasteiger partial charge in [-0.15, -0.1) is 5.10 Å². The minimum atomic E-state index is -0.266. The van der Waals surface area contributed by atoms with Gasteiger partial charge in [0.2, 0.25) is 0 Å². The number of hydrogen-bond donors (Lipinski definition) is 0. The van der Waals surface area contributed by atoms with Gasteiger partial charge in [0, 0.05) is 31.4 Å². The Morgan fingerprint density at radius 2 is 2.11 bits per heavy atom. The summed E-state index contributed by atoms with van der Waals surface area (Å²) in [6.07, 6.45) is 6.12. The molecule has 2 aromatic rings. The molecule has 1 saturated heterocycles. The second kappa shape index (κ2) is 4.01. The summed E-state index contributed by atoms with van der Waals surface area (Å²) in [5.41, 5.74) is 1.10. The minimum absolute atomic E-state index is 0.266. The zero-order chi connectivity index (χ0) is 12.8. The van der Waals surface area contributed by atoms with E-state index in [1.165, 1.54) is 18.9 Å². The maximum absolute atomic E-state index is 13.6. The molecule has 1 saturated carbocycles. The fourth-order valence-corrected chi connectivity index (χ4v) is 2.44. The van der Waals surface area contributed by atoms with Crippen molar-refractivity contribution in [1.82, 2.24) is 20.0 Å². The Morgan fingerprint density at radius 3 is 2.84 bits per heavy atom. The van der Waals surface area contributed by atoms with Gasteiger partial charge in [0.1, 0.15) is 0 Å². The van der Waals surface area contributed by atoms with E-state index in [2.05, 4.69) is 15.3 Å². The van der Waals surface area contributed by atoms with Crippen LogP contribution in [0.1, 0.15) is 30.5 Å². The first-order valence-corrected chi connectivity index (χ1v) is 6.58. The van der Waals surface area contributed by atoms with Crippen molar-refractivity contribution in [2.45, 2.75) is 24.8 Å². The third-order valence-electron chi connectivity index (χ3n) is 3.80. The smallest absolute Gasteiger partial charge is 0.165 e. The molecule has 4 rings (SSSR count). The quantitative estimate of drug-likeness (QED) is 0.842. The van der Waals surface area contributed by atoms with Gasteiger partial charge in [-0.2, -0.15) is 0 Å². The molecule has 0 aromatic carbocycles. The number of rotatable bonds is 3. The Kier molecular flexibility index (Phi) is 2.30. The highest BCUT2D eigenvalue weighted by molar-refractivity contribution is 5.43. The molecule has 2 aliphatic rings. The summed E-state index contributed by atoms with van der Waals surface area (Å²) in [5.74, 6) is 0.789. The first-order chi connectivity index (χ1) is 9.31. The van der Waals surface area contributed by atoms with Gasteiger partial charge in [-0.25, -0.2) is 14.1 Å². The average molecular weight is 259 g/mol. The Morgan fingerprint density at radius 1 is 1.26 bits per heavy atom. The molecule has 0 bridgehead atoms. The zero-order valence-corrected chi connectivity index (χ0v) is 10.4. The van der Waals surface area contributed by atoms with Gasteiger partial charge < -0.3 is 4.90 Å². The third kappa shape index (κ3) is 1.87. The fourth-order valence-electron chi connectivity index (χ4n) is 2.44. The van der Waals surface area contributed by atoms with Gasteiger partial charge in [-0.05, 0) is 25.0 Å². The van der Waals surface area contributed by atoms with Gasteiger partial charge in [0.15, 0.2) is 11.6 Å². The molecule has 2 fully saturated rings. The number of pyridine rings is 1. The van der Waals surface area contributed by atoms with E-state index in [1.807, 2.05) is 15.8 Å². The van der Waals surface area contributed by atoms with Crippen molar-refractivity contribution in [2.75, 3.05) is 18.0 Å². The lowest BCUT2D eigenvalue weighted by Crippen LogP contribution is -2.48. The van der Waals surface area contributed by atoms with Crippen molar-refractivity contribution in [3.05, 3.63) is 36.0 Å². The molecular weight excluding hydrogens is 245 g/mol. The van der Waals surface area contributed by atoms with Gasteiger partial charge >= 0.3 is 0 Å². The normalized spacial score (nSPS) is 19.5. The number of halogens is 1. The van der Waals surface area contributed by atoms with Crippen LogP contribution in [-0.4, -0.2) is 33.1 Å². The second-order valence-electron chi connectivity index (χ2n) is 5.27. The summed E-state index contributed by atoms with van der Waals surface area (Å²) in [7, 11) is 0. The minimum Gasteiger partial charge on any atom is -0.350 e. The zero-order valence-electron chi connectivity index (χ0n) is 10.4. The van der Waals surface area contributed by atoms with Crippen LogP contribution >= 0.6 is 0 Å². The summed E-state index contributed by atoms with van der Waals surface area (Å²) in [6, 6.07) is 3.33. The van der Waals surface area contributed by atoms with Crippen LogP contribution < -0.4 is 4.90 Å². The third-order valence-corrected chi connectivity index (χ3v) is 3.80. The van der Waals surface area contributed by atoms with E-state index >= 15 is 0 Å². The SMILES string of the molecule is Fc1cccnc1N1CC(n2cc(C3CC3)nn2)C1. The van der Waals surface area contributed by atoms with Crippen molar-refractivity contribution in [1.29, 1.82) is 0 Å². The van der Waals surface area contributed by atoms with E-state index in [1.54, 1.807) is 12.3 Å². The monoisotopic (exact) mass is 259 g/mol. The number of hydrogen-bond acceptors (Lipinski definition) is 4. The molecule has 2 aromatic heterocycles. The summed E-state index contributed by atoms with van der Waals surface area (Å²) in [4.78, 5) is 6.01. The first kappa shape index (κ1) is 10.9. The fraction of sp³-hybridized carbons (Fsp3) is 0.462. The predicted molar refractivity (Wildman–Crippen MR) is 67.4 cm³/mol. The average Bonchev–Trinajstić information content (AvgIpc) is 3.10. The molecule has 0 unspecified atom stereocenters. The highest BCUT2D eigenvalue weighted by atomic mass is 19.1. The van der Waals surface area contributed by atoms with E-state index in [9.17, 15) is 4.39 Å². The molecule has 0 N–H and O–H groups in total. The summed E-state index contributed by atoms with van der Waals surface area (Å²) >= 11 is 0. The van der Waals surface area contributed by atoms with Crippen LogP contribution in [0.4, 0.5) is 10.2 Å². The molecule has 0 atom stereocenters. The molecule has 0 amide bonds. The lowest BCUT2D eigenvalue weighted by molar-refractivity contribution is 0.355. The molecule has 19 heavy (non-hydrogen) atoms. The Hall–Kier alpha value is -1.98. The Balaban J connectivity index is 1.45. The van der Waals surface area contributed by atoms with Gasteiger partial charge in [0.25, 0.3) is 0 Å². The second-order valence-corrected chi connectivity index (χ2v) is 5.27. The van der Waals surface area contributed by atoms with E-state index in [4.69, 9.17) is 0 Å². The molecule has 1 aliphatic heterocycles. The summed E-state index contributed by atoms with van der Waals surface area (Å²) in [6.45, 7) is 1.47. The van der Waals surface area contributed by atoms with Gasteiger partial charge in [-0.1, -0.05) is 5.21 Å². The number of aromatic nitrogens is 4. The topological polar surface area (TPSA) is 46.8 Å². The van der Waals surface area contributed by atoms with E-state index < -0.39 is 0 Å². The predicted octanol–water partition coefficient (Wildman–Crippen LogP) is 1.75. The highest BCUT2D eigenvalue weighted by Crippen LogP contribution is 2.39. The molecule has 5 nitrogen and oxygen atoms in total. The van der Waals surface area contributed by atoms with Crippen LogP contribution in [-0.2, 0) is 0 Å². The molecule has 0 spiro atoms. The van der Waals surface area contributed by atoms with Crippen LogP contribution in [0, 0.1) is 5.82 Å². The van der Waals surface area contributed by atoms with Crippen molar-refractivity contribution in [2.24, 2.45) is 0 Å². The van der Waals surface area contributed by atoms with Crippen molar-refractivity contribution < 1.29 is 4.39 Å². The van der Waals surface area contributed by atoms with E-state index in [0.29, 0.717) is 11.7 Å². The molecule has 1 aliphatic carbocycles. The Bertz CT molecular complexity index is 601. The molecule has 3 heterocycles. The largest absolute Gasteiger partial charge is 0.350 e. The Labute approximate surface area is 110 Å². The van der Waals surface area contributed by atoms with Gasteiger partial charge in [0.05, 0.1) is 11.7 Å². The first-order valence-electron chi connectivity index (χ1n) is 6.58. The lowest BCUT2D eigenvalue weighted by atomic mass is 10.1. The summed E-state index contributed by atoms with van der Waals surface area (Å²) in [5, 5.41) is 8.38. The maximum Gasteiger partial charge on any atom is 0.165 e. The van der Waals surface area contributed by atoms with Gasteiger partial charge in [-0.3, -0.25) is 0 Å². The van der Waals surface area contributed by atoms with Crippen LogP contribution in [0.15, 0.2) is 24.5 Å². The molecular formula is C13H14FN5. The lowest BCUT2D eigenvalue weighted by Gasteiger charge is -2.39. The van der Waals surface area contributed by atoms with E-state index in [0.717, 1.165) is 18.8 Å². The molecule has 0 radical (unpaired) electrons. The van der Waals surface area contributed by atoms with Crippen LogP contribution in [0.5, 0.6) is 0 Å². The molecule has 98 valence electrons. The van der Waals surface area contributed by atoms with Crippen LogP contribution in [0.25, 0.3) is 0 Å². The number of anilines is 1. The van der Waals surface area contributed by atoms with Crippen LogP contribution in [0.2, 0.25) is 0 Å². The maximum atomic E-state index is 13.6. The van der Waals surface area contributed by atoms with E-state index in [-0.39, 0.29) is 11.9 Å². The van der Waals surface area contributed by atoms with Crippen molar-refractivity contribution in [3.63, 3.8) is 0 Å².